The summed E-state index contributed by atoms with van der Waals surface area (Å²) in [5.41, 5.74) is 5.07. The molecular formula is C26H27N7O. The lowest BCUT2D eigenvalue weighted by molar-refractivity contribution is 0.150. The van der Waals surface area contributed by atoms with Crippen LogP contribution in [0.15, 0.2) is 71.9 Å². The highest BCUT2D eigenvalue weighted by atomic mass is 16.1. The zero-order valence-corrected chi connectivity index (χ0v) is 19.2. The summed E-state index contributed by atoms with van der Waals surface area (Å²) in [6, 6.07) is 15.9. The maximum atomic E-state index is 13.6. The number of imidazole rings is 1. The molecule has 4 aromatic heterocycles. The molecule has 172 valence electrons. The Morgan fingerprint density at radius 1 is 0.912 bits per heavy atom. The van der Waals surface area contributed by atoms with Crippen molar-refractivity contribution in [3.8, 4) is 16.8 Å². The standard InChI is InChI=1S/C26H27N7O/c1-30-9-11-31(12-10-30)13-14-32-23-16-21(20-15-19-7-8-27-24(19)28-17-20)18-29-25(23)33(26(32)34)22-5-3-2-4-6-22/h2-8,15-18H,9-14H2,1H3,(H,27,28). The second-order valence-corrected chi connectivity index (χ2v) is 8.96. The lowest BCUT2D eigenvalue weighted by Gasteiger charge is -2.32. The number of H-pyrrole nitrogens is 1. The molecule has 0 aliphatic carbocycles. The van der Waals surface area contributed by atoms with E-state index < -0.39 is 0 Å². The van der Waals surface area contributed by atoms with Gasteiger partial charge in [0.15, 0.2) is 5.65 Å². The van der Waals surface area contributed by atoms with Gasteiger partial charge in [-0.2, -0.15) is 0 Å². The van der Waals surface area contributed by atoms with Crippen LogP contribution in [0, 0.1) is 0 Å². The Balaban J connectivity index is 1.44. The Morgan fingerprint density at radius 3 is 2.50 bits per heavy atom. The van der Waals surface area contributed by atoms with Gasteiger partial charge in [0.05, 0.1) is 11.2 Å². The summed E-state index contributed by atoms with van der Waals surface area (Å²) in [5.74, 6) is 0. The van der Waals surface area contributed by atoms with Crippen LogP contribution >= 0.6 is 0 Å². The fourth-order valence-corrected chi connectivity index (χ4v) is 4.73. The number of pyridine rings is 2. The Hall–Kier alpha value is -3.75. The molecule has 5 heterocycles. The summed E-state index contributed by atoms with van der Waals surface area (Å²) in [6.45, 7) is 5.62. The van der Waals surface area contributed by atoms with E-state index in [0.29, 0.717) is 12.2 Å². The Morgan fingerprint density at radius 2 is 1.68 bits per heavy atom. The molecule has 0 spiro atoms. The van der Waals surface area contributed by atoms with Gasteiger partial charge in [0, 0.05) is 74.4 Å². The minimum absolute atomic E-state index is 0.0563. The number of nitrogens with zero attached hydrogens (tertiary/aromatic N) is 6. The number of benzene rings is 1. The average Bonchev–Trinajstić information content (AvgIpc) is 3.45. The summed E-state index contributed by atoms with van der Waals surface area (Å²) in [5, 5.41) is 1.05. The summed E-state index contributed by atoms with van der Waals surface area (Å²) >= 11 is 0. The van der Waals surface area contributed by atoms with E-state index in [1.54, 1.807) is 4.57 Å². The van der Waals surface area contributed by atoms with Gasteiger partial charge in [-0.15, -0.1) is 0 Å². The van der Waals surface area contributed by atoms with E-state index in [1.807, 2.05) is 59.6 Å². The van der Waals surface area contributed by atoms with Gasteiger partial charge >= 0.3 is 5.69 Å². The van der Waals surface area contributed by atoms with Crippen molar-refractivity contribution in [2.24, 2.45) is 0 Å². The normalized spacial score (nSPS) is 15.4. The number of piperazine rings is 1. The Labute approximate surface area is 197 Å². The fourth-order valence-electron chi connectivity index (χ4n) is 4.73. The molecule has 1 fully saturated rings. The molecule has 1 aromatic carbocycles. The molecule has 0 saturated carbocycles. The third kappa shape index (κ3) is 3.70. The first-order valence-electron chi connectivity index (χ1n) is 11.7. The number of fused-ring (bicyclic) bond motifs is 2. The van der Waals surface area contributed by atoms with Crippen LogP contribution in [0.3, 0.4) is 0 Å². The molecule has 0 unspecified atom stereocenters. The van der Waals surface area contributed by atoms with Crippen LogP contribution in [0.2, 0.25) is 0 Å². The summed E-state index contributed by atoms with van der Waals surface area (Å²) in [6.07, 6.45) is 5.57. The van der Waals surface area contributed by atoms with Crippen LogP contribution in [-0.2, 0) is 6.54 Å². The maximum Gasteiger partial charge on any atom is 0.335 e. The van der Waals surface area contributed by atoms with Crippen LogP contribution in [-0.4, -0.2) is 73.7 Å². The minimum atomic E-state index is -0.0563. The number of para-hydroxylation sites is 1. The van der Waals surface area contributed by atoms with Crippen LogP contribution in [0.25, 0.3) is 39.0 Å². The van der Waals surface area contributed by atoms with Gasteiger partial charge in [-0.3, -0.25) is 9.47 Å². The highest BCUT2D eigenvalue weighted by Crippen LogP contribution is 2.25. The maximum absolute atomic E-state index is 13.6. The van der Waals surface area contributed by atoms with Gasteiger partial charge in [-0.25, -0.2) is 19.3 Å². The van der Waals surface area contributed by atoms with Crippen molar-refractivity contribution in [1.82, 2.24) is 33.9 Å². The van der Waals surface area contributed by atoms with Crippen molar-refractivity contribution < 1.29 is 0 Å². The third-order valence-electron chi connectivity index (χ3n) is 6.76. The largest absolute Gasteiger partial charge is 0.346 e. The lowest BCUT2D eigenvalue weighted by atomic mass is 10.1. The molecule has 1 N–H and O–H groups in total. The molecule has 1 aliphatic rings. The third-order valence-corrected chi connectivity index (χ3v) is 6.76. The highest BCUT2D eigenvalue weighted by molar-refractivity contribution is 5.84. The van der Waals surface area contributed by atoms with Gasteiger partial charge < -0.3 is 9.88 Å². The van der Waals surface area contributed by atoms with E-state index in [1.165, 1.54) is 0 Å². The molecule has 0 amide bonds. The number of hydrogen-bond donors (Lipinski definition) is 1. The Bertz CT molecular complexity index is 1510. The van der Waals surface area contributed by atoms with Crippen LogP contribution < -0.4 is 5.69 Å². The zero-order chi connectivity index (χ0) is 23.1. The molecule has 1 aliphatic heterocycles. The smallest absolute Gasteiger partial charge is 0.335 e. The number of hydrogen-bond acceptors (Lipinski definition) is 5. The second kappa shape index (κ2) is 8.55. The van der Waals surface area contributed by atoms with Crippen molar-refractivity contribution in [3.05, 3.63) is 77.6 Å². The van der Waals surface area contributed by atoms with Gasteiger partial charge in [0.25, 0.3) is 0 Å². The van der Waals surface area contributed by atoms with Crippen molar-refractivity contribution in [3.63, 3.8) is 0 Å². The molecule has 0 atom stereocenters. The molecule has 0 radical (unpaired) electrons. The van der Waals surface area contributed by atoms with Crippen molar-refractivity contribution in [2.75, 3.05) is 39.8 Å². The number of likely N-dealkylation sites (N-methyl/N-ethyl adjacent to an activating group) is 1. The summed E-state index contributed by atoms with van der Waals surface area (Å²) in [7, 11) is 2.15. The average molecular weight is 454 g/mol. The number of aromatic nitrogens is 5. The van der Waals surface area contributed by atoms with E-state index in [9.17, 15) is 4.79 Å². The minimum Gasteiger partial charge on any atom is -0.346 e. The molecule has 8 nitrogen and oxygen atoms in total. The summed E-state index contributed by atoms with van der Waals surface area (Å²) in [4.78, 5) is 30.9. The highest BCUT2D eigenvalue weighted by Gasteiger charge is 2.19. The molecule has 8 heteroatoms. The monoisotopic (exact) mass is 453 g/mol. The van der Waals surface area contributed by atoms with E-state index >= 15 is 0 Å². The zero-order valence-electron chi connectivity index (χ0n) is 19.2. The van der Waals surface area contributed by atoms with Gasteiger partial charge in [0.2, 0.25) is 0 Å². The SMILES string of the molecule is CN1CCN(CCn2c(=O)n(-c3ccccc3)c3ncc(-c4cnc5[nH]ccc5c4)cc32)CC1. The van der Waals surface area contributed by atoms with E-state index in [-0.39, 0.29) is 5.69 Å². The fraction of sp³-hybridized carbons (Fsp3) is 0.269. The van der Waals surface area contributed by atoms with Crippen molar-refractivity contribution in [2.45, 2.75) is 6.54 Å². The predicted octanol–water partition coefficient (Wildman–Crippen LogP) is 2.98. The quantitative estimate of drug-likeness (QED) is 0.443. The molecule has 6 rings (SSSR count). The second-order valence-electron chi connectivity index (χ2n) is 8.96. The molecular weight excluding hydrogens is 426 g/mol. The molecule has 0 bridgehead atoms. The van der Waals surface area contributed by atoms with Crippen LogP contribution in [0.5, 0.6) is 0 Å². The van der Waals surface area contributed by atoms with Gasteiger partial charge in [0.1, 0.15) is 5.65 Å². The van der Waals surface area contributed by atoms with Crippen molar-refractivity contribution in [1.29, 1.82) is 0 Å². The Kier molecular flexibility index (Phi) is 5.24. The van der Waals surface area contributed by atoms with Gasteiger partial charge in [-0.1, -0.05) is 18.2 Å². The first kappa shape index (κ1) is 20.8. The first-order chi connectivity index (χ1) is 16.7. The van der Waals surface area contributed by atoms with Gasteiger partial charge in [-0.05, 0) is 37.4 Å². The first-order valence-corrected chi connectivity index (χ1v) is 11.7. The lowest BCUT2D eigenvalue weighted by Crippen LogP contribution is -2.45. The molecule has 5 aromatic rings. The molecule has 1 saturated heterocycles. The number of rotatable bonds is 5. The molecule has 34 heavy (non-hydrogen) atoms. The summed E-state index contributed by atoms with van der Waals surface area (Å²) < 4.78 is 3.59. The number of nitrogens with one attached hydrogen (secondary N) is 1. The van der Waals surface area contributed by atoms with E-state index in [4.69, 9.17) is 4.98 Å². The van der Waals surface area contributed by atoms with E-state index in [2.05, 4.69) is 38.9 Å². The predicted molar refractivity (Wildman–Crippen MR) is 134 cm³/mol. The topological polar surface area (TPSA) is 75.0 Å². The van der Waals surface area contributed by atoms with Crippen LogP contribution in [0.1, 0.15) is 0 Å². The van der Waals surface area contributed by atoms with Crippen LogP contribution in [0.4, 0.5) is 0 Å². The van der Waals surface area contributed by atoms with E-state index in [0.717, 1.165) is 66.1 Å². The number of aromatic amines is 1. The van der Waals surface area contributed by atoms with Crippen molar-refractivity contribution >= 4 is 22.2 Å².